The lowest BCUT2D eigenvalue weighted by Gasteiger charge is -2.18. The highest BCUT2D eigenvalue weighted by molar-refractivity contribution is 7.12. The van der Waals surface area contributed by atoms with E-state index in [0.29, 0.717) is 22.5 Å². The molecule has 4 nitrogen and oxygen atoms in total. The average Bonchev–Trinajstić information content (AvgIpc) is 3.45. The van der Waals surface area contributed by atoms with Gasteiger partial charge in [0.15, 0.2) is 6.23 Å². The van der Waals surface area contributed by atoms with Gasteiger partial charge in [-0.05, 0) is 55.6 Å². The van der Waals surface area contributed by atoms with Crippen LogP contribution in [0.2, 0.25) is 0 Å². The first-order valence-electron chi connectivity index (χ1n) is 10.8. The third kappa shape index (κ3) is 5.29. The largest absolute Gasteiger partial charge is 0.426 e. The second-order valence-electron chi connectivity index (χ2n) is 8.22. The molecule has 3 N–H and O–H groups in total. The number of likely N-dealkylation sites (tertiary alicyclic amines) is 1. The van der Waals surface area contributed by atoms with E-state index in [0.717, 1.165) is 30.8 Å². The molecule has 1 unspecified atom stereocenters. The van der Waals surface area contributed by atoms with Gasteiger partial charge in [0.05, 0.1) is 4.88 Å². The number of halogens is 3. The lowest BCUT2D eigenvalue weighted by molar-refractivity contribution is -0.133. The summed E-state index contributed by atoms with van der Waals surface area (Å²) in [5.41, 5.74) is 9.45. The number of nitrogens with two attached hydrogens (primary N) is 1. The Morgan fingerprint density at radius 2 is 1.82 bits per heavy atom. The molecule has 1 aliphatic heterocycles. The molecule has 0 saturated carbocycles. The number of aliphatic hydroxyl groups is 1. The molecule has 33 heavy (non-hydrogen) atoms. The minimum absolute atomic E-state index is 0.0275. The first-order chi connectivity index (χ1) is 15.7. The first-order valence-corrected chi connectivity index (χ1v) is 11.6. The molecule has 0 aliphatic carbocycles. The molecule has 1 aliphatic rings. The fourth-order valence-corrected chi connectivity index (χ4v) is 5.13. The fourth-order valence-electron chi connectivity index (χ4n) is 4.16. The summed E-state index contributed by atoms with van der Waals surface area (Å²) in [4.78, 5) is 5.87. The summed E-state index contributed by atoms with van der Waals surface area (Å²) in [7, 11) is 0. The Morgan fingerprint density at radius 3 is 2.48 bits per heavy atom. The summed E-state index contributed by atoms with van der Waals surface area (Å²) >= 11 is 0.491. The maximum Gasteiger partial charge on any atom is 0.426 e. The van der Waals surface area contributed by atoms with Crippen LogP contribution in [0.3, 0.4) is 0 Å². The normalized spacial score (nSPS) is 16.3. The number of rotatable bonds is 6. The van der Waals surface area contributed by atoms with E-state index in [9.17, 15) is 18.3 Å². The van der Waals surface area contributed by atoms with Crippen LogP contribution in [0.25, 0.3) is 11.1 Å². The number of thiophene rings is 1. The van der Waals surface area contributed by atoms with Crippen molar-refractivity contribution in [3.05, 3.63) is 81.0 Å². The molecular formula is C25H26F3N3OS. The van der Waals surface area contributed by atoms with E-state index < -0.39 is 17.3 Å². The number of aliphatic imine (C=N–C) groups is 1. The highest BCUT2D eigenvalue weighted by Crippen LogP contribution is 2.44. The highest BCUT2D eigenvalue weighted by atomic mass is 32.1. The zero-order valence-corrected chi connectivity index (χ0v) is 19.1. The third-order valence-electron chi connectivity index (χ3n) is 5.92. The molecular weight excluding hydrogens is 447 g/mol. The minimum Gasteiger partial charge on any atom is -0.383 e. The van der Waals surface area contributed by atoms with Gasteiger partial charge in [-0.2, -0.15) is 13.2 Å². The smallest absolute Gasteiger partial charge is 0.383 e. The van der Waals surface area contributed by atoms with Gasteiger partial charge in [0.25, 0.3) is 0 Å². The summed E-state index contributed by atoms with van der Waals surface area (Å²) in [6, 6.07) is 15.4. The van der Waals surface area contributed by atoms with Crippen LogP contribution in [0.4, 0.5) is 13.2 Å². The molecule has 0 bridgehead atoms. The van der Waals surface area contributed by atoms with Gasteiger partial charge in [-0.15, -0.1) is 11.3 Å². The number of aliphatic hydroxyl groups excluding tert-OH is 1. The zero-order chi connectivity index (χ0) is 23.6. The molecule has 1 saturated heterocycles. The van der Waals surface area contributed by atoms with Crippen LogP contribution in [0, 0.1) is 6.92 Å². The van der Waals surface area contributed by atoms with Crippen molar-refractivity contribution in [2.45, 2.75) is 38.7 Å². The lowest BCUT2D eigenvalue weighted by atomic mass is 10.0. The average molecular weight is 474 g/mol. The van der Waals surface area contributed by atoms with Crippen LogP contribution >= 0.6 is 11.3 Å². The van der Waals surface area contributed by atoms with E-state index in [2.05, 4.69) is 9.89 Å². The molecule has 1 atom stereocenters. The van der Waals surface area contributed by atoms with Crippen molar-refractivity contribution in [3.8, 4) is 11.1 Å². The molecule has 1 fully saturated rings. The van der Waals surface area contributed by atoms with Gasteiger partial charge in [0.2, 0.25) is 0 Å². The highest BCUT2D eigenvalue weighted by Gasteiger charge is 2.37. The maximum absolute atomic E-state index is 13.7. The summed E-state index contributed by atoms with van der Waals surface area (Å²) in [6.45, 7) is 4.90. The monoisotopic (exact) mass is 473 g/mol. The van der Waals surface area contributed by atoms with E-state index in [-0.39, 0.29) is 16.3 Å². The number of benzene rings is 2. The number of hydrogen-bond acceptors (Lipinski definition) is 4. The minimum atomic E-state index is -4.54. The van der Waals surface area contributed by atoms with Crippen molar-refractivity contribution in [3.63, 3.8) is 0 Å². The predicted molar refractivity (Wildman–Crippen MR) is 126 cm³/mol. The van der Waals surface area contributed by atoms with Crippen molar-refractivity contribution in [2.75, 3.05) is 13.1 Å². The molecule has 2 heterocycles. The second kappa shape index (κ2) is 9.67. The van der Waals surface area contributed by atoms with Crippen LogP contribution in [-0.2, 0) is 12.7 Å². The molecule has 0 amide bonds. The Kier molecular flexibility index (Phi) is 6.88. The molecule has 4 rings (SSSR count). The van der Waals surface area contributed by atoms with Crippen LogP contribution in [0.15, 0.2) is 59.6 Å². The Bertz CT molecular complexity index is 1140. The molecule has 2 aromatic carbocycles. The first kappa shape index (κ1) is 23.5. The topological polar surface area (TPSA) is 61.8 Å². The summed E-state index contributed by atoms with van der Waals surface area (Å²) in [5, 5.41) is 10.7. The van der Waals surface area contributed by atoms with Crippen LogP contribution in [0.1, 0.15) is 45.5 Å². The van der Waals surface area contributed by atoms with E-state index in [1.807, 2.05) is 25.1 Å². The van der Waals surface area contributed by atoms with Crippen molar-refractivity contribution >= 4 is 17.2 Å². The maximum atomic E-state index is 13.7. The lowest BCUT2D eigenvalue weighted by Crippen LogP contribution is -2.21. The zero-order valence-electron chi connectivity index (χ0n) is 18.3. The quantitative estimate of drug-likeness (QED) is 0.355. The van der Waals surface area contributed by atoms with Gasteiger partial charge in [-0.25, -0.2) is 4.99 Å². The molecule has 1 aromatic heterocycles. The number of amidine groups is 1. The van der Waals surface area contributed by atoms with Crippen molar-refractivity contribution < 1.29 is 18.3 Å². The Hall–Kier alpha value is -2.68. The summed E-state index contributed by atoms with van der Waals surface area (Å²) in [5.74, 6) is 0.103. The van der Waals surface area contributed by atoms with Gasteiger partial charge >= 0.3 is 6.18 Å². The number of hydrogen-bond donors (Lipinski definition) is 2. The van der Waals surface area contributed by atoms with Gasteiger partial charge < -0.3 is 10.8 Å². The SMILES string of the molecule is Cc1c(CN2CCCC2)cccc1/C(N)=N/C(O)c1cc(-c2ccccc2)c(C(F)(F)F)s1. The number of nitrogens with zero attached hydrogens (tertiary/aromatic N) is 2. The van der Waals surface area contributed by atoms with Crippen LogP contribution in [0.5, 0.6) is 0 Å². The van der Waals surface area contributed by atoms with Gasteiger partial charge in [0.1, 0.15) is 10.7 Å². The molecule has 174 valence electrons. The van der Waals surface area contributed by atoms with E-state index >= 15 is 0 Å². The standard InChI is InChI=1S/C25H26F3N3OS/c1-16-18(15-31-12-5-6-13-31)10-7-11-19(16)23(29)30-24(32)21-14-20(17-8-3-2-4-9-17)22(33-21)25(26,27)28/h2-4,7-11,14,24,32H,5-6,12-13,15H2,1H3,(H2,29,30). The Balaban J connectivity index is 1.63. The molecule has 0 spiro atoms. The van der Waals surface area contributed by atoms with Gasteiger partial charge in [-0.1, -0.05) is 48.5 Å². The van der Waals surface area contributed by atoms with Crippen molar-refractivity contribution in [2.24, 2.45) is 10.7 Å². The van der Waals surface area contributed by atoms with E-state index in [1.165, 1.54) is 18.9 Å². The third-order valence-corrected chi connectivity index (χ3v) is 7.14. The Morgan fingerprint density at radius 1 is 1.12 bits per heavy atom. The number of alkyl halides is 3. The molecule has 8 heteroatoms. The predicted octanol–water partition coefficient (Wildman–Crippen LogP) is 5.73. The van der Waals surface area contributed by atoms with Crippen LogP contribution in [-0.4, -0.2) is 28.9 Å². The van der Waals surface area contributed by atoms with E-state index in [4.69, 9.17) is 5.73 Å². The molecule has 3 aromatic rings. The second-order valence-corrected chi connectivity index (χ2v) is 9.30. The summed E-state index contributed by atoms with van der Waals surface area (Å²) in [6.07, 6.45) is -3.64. The summed E-state index contributed by atoms with van der Waals surface area (Å²) < 4.78 is 41.0. The van der Waals surface area contributed by atoms with Crippen molar-refractivity contribution in [1.82, 2.24) is 4.90 Å². The van der Waals surface area contributed by atoms with Crippen LogP contribution < -0.4 is 5.73 Å². The van der Waals surface area contributed by atoms with Gasteiger partial charge in [-0.3, -0.25) is 4.90 Å². The Labute approximate surface area is 195 Å². The van der Waals surface area contributed by atoms with E-state index in [1.54, 1.807) is 30.3 Å². The fraction of sp³-hybridized carbons (Fsp3) is 0.320. The van der Waals surface area contributed by atoms with Gasteiger partial charge in [0, 0.05) is 17.7 Å². The van der Waals surface area contributed by atoms with Crippen molar-refractivity contribution in [1.29, 1.82) is 0 Å². The molecule has 0 radical (unpaired) electrons.